The van der Waals surface area contributed by atoms with Crippen LogP contribution in [0.1, 0.15) is 23.8 Å². The number of likely N-dealkylation sites (tertiary alicyclic amines) is 1. The Labute approximate surface area is 158 Å². The number of piperazine rings is 1. The average molecular weight is 390 g/mol. The van der Waals surface area contributed by atoms with Crippen LogP contribution in [0.4, 0.5) is 5.69 Å². The lowest BCUT2D eigenvalue weighted by Gasteiger charge is -2.47. The molecule has 4 rings (SSSR count). The highest BCUT2D eigenvalue weighted by atomic mass is 32.1. The van der Waals surface area contributed by atoms with Crippen LogP contribution in [0.25, 0.3) is 0 Å². The number of carbonyl (C=O) groups is 3. The molecule has 7 nitrogen and oxygen atoms in total. The summed E-state index contributed by atoms with van der Waals surface area (Å²) in [6.07, 6.45) is 0.649. The third-order valence-electron chi connectivity index (χ3n) is 5.09. The Kier molecular flexibility index (Phi) is 4.28. The van der Waals surface area contributed by atoms with Gasteiger partial charge in [0.15, 0.2) is 0 Å². The predicted molar refractivity (Wildman–Crippen MR) is 99.4 cm³/mol. The molecule has 3 amide bonds. The van der Waals surface area contributed by atoms with E-state index in [9.17, 15) is 14.4 Å². The number of nitrogens with zero attached hydrogens (tertiary/aromatic N) is 4. The molecule has 26 heavy (non-hydrogen) atoms. The summed E-state index contributed by atoms with van der Waals surface area (Å²) in [4.78, 5) is 46.7. The van der Waals surface area contributed by atoms with Gasteiger partial charge in [-0.1, -0.05) is 0 Å². The van der Waals surface area contributed by atoms with E-state index in [1.807, 2.05) is 16.8 Å². The van der Waals surface area contributed by atoms with E-state index in [-0.39, 0.29) is 24.3 Å². The number of aromatic nitrogens is 1. The fraction of sp³-hybridized carbons (Fsp3) is 0.412. The minimum Gasteiger partial charge on any atom is -0.335 e. The van der Waals surface area contributed by atoms with E-state index in [0.29, 0.717) is 31.7 Å². The molecule has 0 radical (unpaired) electrons. The van der Waals surface area contributed by atoms with Crippen molar-refractivity contribution >= 4 is 46.1 Å². The maximum absolute atomic E-state index is 12.7. The minimum atomic E-state index is -0.548. The molecule has 136 valence electrons. The standard InChI is InChI=1S/C17H18N4O3S2/c1-12(22)21-6-15(23)20(13-2-5-25-7-13)10-17(21)3-4-19(9-17)16(24)14-8-26-11-18-14/h2,5,7-8,11H,3-4,6,9-10H2,1H3/t17-/m1/s1. The zero-order valence-corrected chi connectivity index (χ0v) is 15.9. The van der Waals surface area contributed by atoms with Gasteiger partial charge in [0.1, 0.15) is 12.2 Å². The van der Waals surface area contributed by atoms with E-state index in [2.05, 4.69) is 4.98 Å². The van der Waals surface area contributed by atoms with E-state index in [0.717, 1.165) is 5.69 Å². The Balaban J connectivity index is 1.62. The second-order valence-corrected chi connectivity index (χ2v) is 8.14. The van der Waals surface area contributed by atoms with Crippen molar-refractivity contribution in [3.63, 3.8) is 0 Å². The molecule has 9 heteroatoms. The van der Waals surface area contributed by atoms with Crippen LogP contribution >= 0.6 is 22.7 Å². The number of amides is 3. The van der Waals surface area contributed by atoms with Crippen molar-refractivity contribution in [2.75, 3.05) is 31.1 Å². The molecule has 1 atom stereocenters. The summed E-state index contributed by atoms with van der Waals surface area (Å²) in [5.41, 5.74) is 2.38. The van der Waals surface area contributed by atoms with Crippen LogP contribution in [-0.2, 0) is 9.59 Å². The highest BCUT2D eigenvalue weighted by Crippen LogP contribution is 2.35. The van der Waals surface area contributed by atoms with Gasteiger partial charge >= 0.3 is 0 Å². The molecule has 2 aliphatic rings. The third-order valence-corrected chi connectivity index (χ3v) is 6.35. The van der Waals surface area contributed by atoms with Crippen LogP contribution in [0.15, 0.2) is 27.7 Å². The fourth-order valence-electron chi connectivity index (χ4n) is 3.81. The molecule has 2 fully saturated rings. The van der Waals surface area contributed by atoms with Gasteiger partial charge in [-0.15, -0.1) is 11.3 Å². The summed E-state index contributed by atoms with van der Waals surface area (Å²) in [6.45, 7) is 2.90. The molecule has 2 aliphatic heterocycles. The van der Waals surface area contributed by atoms with Gasteiger partial charge in [0, 0.05) is 30.8 Å². The van der Waals surface area contributed by atoms with Crippen LogP contribution in [-0.4, -0.2) is 64.2 Å². The quantitative estimate of drug-likeness (QED) is 0.782. The molecule has 0 unspecified atom stereocenters. The van der Waals surface area contributed by atoms with Crippen LogP contribution in [0.2, 0.25) is 0 Å². The smallest absolute Gasteiger partial charge is 0.273 e. The number of hydrogen-bond donors (Lipinski definition) is 0. The first-order valence-corrected chi connectivity index (χ1v) is 10.2. The van der Waals surface area contributed by atoms with Gasteiger partial charge in [0.05, 0.1) is 23.3 Å². The SMILES string of the molecule is CC(=O)N1CC(=O)N(c2ccsc2)C[C@]12CCN(C(=O)c1cscn1)C2. The van der Waals surface area contributed by atoms with Crippen LogP contribution in [0.5, 0.6) is 0 Å². The molecule has 2 aromatic rings. The lowest BCUT2D eigenvalue weighted by molar-refractivity contribution is -0.142. The summed E-state index contributed by atoms with van der Waals surface area (Å²) in [5, 5.41) is 5.60. The highest BCUT2D eigenvalue weighted by molar-refractivity contribution is 7.08. The van der Waals surface area contributed by atoms with E-state index in [1.165, 1.54) is 29.6 Å². The molecule has 0 N–H and O–H groups in total. The summed E-state index contributed by atoms with van der Waals surface area (Å²) in [6, 6.07) is 1.91. The molecular formula is C17H18N4O3S2. The van der Waals surface area contributed by atoms with Crippen molar-refractivity contribution in [1.82, 2.24) is 14.8 Å². The second kappa shape index (κ2) is 6.48. The maximum Gasteiger partial charge on any atom is 0.273 e. The lowest BCUT2D eigenvalue weighted by Crippen LogP contribution is -2.67. The number of carbonyl (C=O) groups excluding carboxylic acids is 3. The lowest BCUT2D eigenvalue weighted by atomic mass is 9.92. The van der Waals surface area contributed by atoms with Crippen LogP contribution in [0, 0.1) is 0 Å². The number of hydrogen-bond acceptors (Lipinski definition) is 6. The molecule has 1 spiro atoms. The molecule has 0 aromatic carbocycles. The van der Waals surface area contributed by atoms with Gasteiger partial charge in [-0.2, -0.15) is 11.3 Å². The first kappa shape index (κ1) is 17.2. The summed E-state index contributed by atoms with van der Waals surface area (Å²) >= 11 is 2.91. The van der Waals surface area contributed by atoms with E-state index in [4.69, 9.17) is 0 Å². The molecule has 2 aromatic heterocycles. The van der Waals surface area contributed by atoms with Gasteiger partial charge in [-0.3, -0.25) is 14.4 Å². The van der Waals surface area contributed by atoms with Crippen molar-refractivity contribution in [2.45, 2.75) is 18.9 Å². The molecule has 2 saturated heterocycles. The third kappa shape index (κ3) is 2.80. The van der Waals surface area contributed by atoms with Crippen molar-refractivity contribution in [1.29, 1.82) is 0 Å². The Morgan fingerprint density at radius 3 is 2.73 bits per heavy atom. The van der Waals surface area contributed by atoms with Gasteiger partial charge in [-0.05, 0) is 17.9 Å². The summed E-state index contributed by atoms with van der Waals surface area (Å²) < 4.78 is 0. The average Bonchev–Trinajstić information content (AvgIpc) is 3.38. The van der Waals surface area contributed by atoms with Gasteiger partial charge in [0.25, 0.3) is 5.91 Å². The van der Waals surface area contributed by atoms with Gasteiger partial charge in [-0.25, -0.2) is 4.98 Å². The monoisotopic (exact) mass is 390 g/mol. The Morgan fingerprint density at radius 1 is 1.23 bits per heavy atom. The van der Waals surface area contributed by atoms with Crippen molar-refractivity contribution < 1.29 is 14.4 Å². The zero-order valence-electron chi connectivity index (χ0n) is 14.3. The minimum absolute atomic E-state index is 0.0455. The maximum atomic E-state index is 12.7. The second-order valence-electron chi connectivity index (χ2n) is 6.64. The first-order chi connectivity index (χ1) is 12.5. The molecule has 0 saturated carbocycles. The highest BCUT2D eigenvalue weighted by Gasteiger charge is 2.51. The largest absolute Gasteiger partial charge is 0.335 e. The topological polar surface area (TPSA) is 73.8 Å². The summed E-state index contributed by atoms with van der Waals surface area (Å²) in [7, 11) is 0. The number of anilines is 1. The van der Waals surface area contributed by atoms with Gasteiger partial charge in [0.2, 0.25) is 11.8 Å². The first-order valence-electron chi connectivity index (χ1n) is 8.28. The van der Waals surface area contributed by atoms with Crippen molar-refractivity contribution in [2.24, 2.45) is 0 Å². The molecule has 0 aliphatic carbocycles. The van der Waals surface area contributed by atoms with E-state index in [1.54, 1.807) is 25.6 Å². The Hall–Kier alpha value is -2.26. The van der Waals surface area contributed by atoms with Crippen LogP contribution < -0.4 is 4.90 Å². The summed E-state index contributed by atoms with van der Waals surface area (Å²) in [5.74, 6) is -0.342. The number of rotatable bonds is 2. The normalized spacial score (nSPS) is 23.1. The fourth-order valence-corrected chi connectivity index (χ4v) is 4.97. The molecule has 0 bridgehead atoms. The van der Waals surface area contributed by atoms with Crippen molar-refractivity contribution in [3.8, 4) is 0 Å². The van der Waals surface area contributed by atoms with Crippen LogP contribution in [0.3, 0.4) is 0 Å². The van der Waals surface area contributed by atoms with Gasteiger partial charge < -0.3 is 14.7 Å². The number of thiazole rings is 1. The molecular weight excluding hydrogens is 372 g/mol. The van der Waals surface area contributed by atoms with E-state index >= 15 is 0 Å². The van der Waals surface area contributed by atoms with E-state index < -0.39 is 5.54 Å². The Morgan fingerprint density at radius 2 is 2.08 bits per heavy atom. The van der Waals surface area contributed by atoms with Crippen molar-refractivity contribution in [3.05, 3.63) is 33.4 Å². The predicted octanol–water partition coefficient (Wildman–Crippen LogP) is 1.68. The number of thiophene rings is 1. The Bertz CT molecular complexity index is 836. The zero-order chi connectivity index (χ0) is 18.3. The molecule has 4 heterocycles.